The van der Waals surface area contributed by atoms with Gasteiger partial charge in [0, 0.05) is 24.9 Å². The Bertz CT molecular complexity index is 596. The quantitative estimate of drug-likeness (QED) is 0.824. The van der Waals surface area contributed by atoms with Gasteiger partial charge in [-0.15, -0.1) is 0 Å². The van der Waals surface area contributed by atoms with Gasteiger partial charge < -0.3 is 10.0 Å². The van der Waals surface area contributed by atoms with E-state index in [-0.39, 0.29) is 5.92 Å². The van der Waals surface area contributed by atoms with E-state index in [4.69, 9.17) is 0 Å². The average molecular weight is 282 g/mol. The van der Waals surface area contributed by atoms with E-state index in [0.717, 1.165) is 12.3 Å². The third kappa shape index (κ3) is 2.94. The molecule has 2 N–H and O–H groups in total. The van der Waals surface area contributed by atoms with Gasteiger partial charge in [-0.1, -0.05) is 49.4 Å². The summed E-state index contributed by atoms with van der Waals surface area (Å²) >= 11 is 0. The lowest BCUT2D eigenvalue weighted by molar-refractivity contribution is 0.287. The second kappa shape index (κ2) is 5.88. The Morgan fingerprint density at radius 1 is 1.33 bits per heavy atom. The van der Waals surface area contributed by atoms with Crippen LogP contribution in [0, 0.1) is 5.92 Å². The number of hydrazone groups is 1. The van der Waals surface area contributed by atoms with E-state index in [1.54, 1.807) is 6.08 Å². The molecule has 21 heavy (non-hydrogen) atoms. The Morgan fingerprint density at radius 3 is 2.81 bits per heavy atom. The Balaban J connectivity index is 1.69. The molecule has 0 bridgehead atoms. The van der Waals surface area contributed by atoms with E-state index in [1.807, 2.05) is 35.4 Å². The van der Waals surface area contributed by atoms with Crippen molar-refractivity contribution in [3.05, 3.63) is 59.6 Å². The van der Waals surface area contributed by atoms with Crippen LogP contribution in [0.2, 0.25) is 0 Å². The minimum absolute atomic E-state index is 0.00188. The second-order valence-electron chi connectivity index (χ2n) is 5.66. The molecule has 2 atom stereocenters. The van der Waals surface area contributed by atoms with E-state index in [0.29, 0.717) is 17.9 Å². The molecule has 0 amide bonds. The molecule has 0 aromatic heterocycles. The van der Waals surface area contributed by atoms with Crippen LogP contribution >= 0.6 is 0 Å². The number of nitrogens with zero attached hydrogens (tertiary/aromatic N) is 2. The molecule has 1 aromatic rings. The zero-order valence-corrected chi connectivity index (χ0v) is 12.1. The largest absolute Gasteiger partial charge is 0.484 e. The highest BCUT2D eigenvalue weighted by Gasteiger charge is 2.34. The van der Waals surface area contributed by atoms with E-state index in [1.165, 1.54) is 5.56 Å². The third-order valence-electron chi connectivity index (χ3n) is 4.12. The SMILES string of the molecule is CC(CN1CC2C(B(O)O)=CC=CC2=N1)c1ccccc1. The highest BCUT2D eigenvalue weighted by atomic mass is 16.4. The van der Waals surface area contributed by atoms with Crippen molar-refractivity contribution in [2.24, 2.45) is 11.0 Å². The molecule has 0 saturated carbocycles. The Hall–Kier alpha value is -1.85. The molecular weight excluding hydrogens is 263 g/mol. The number of benzene rings is 1. The van der Waals surface area contributed by atoms with E-state index < -0.39 is 7.12 Å². The van der Waals surface area contributed by atoms with Gasteiger partial charge in [-0.3, -0.25) is 5.01 Å². The molecule has 1 aromatic carbocycles. The number of hydrogen-bond acceptors (Lipinski definition) is 4. The molecule has 3 rings (SSSR count). The lowest BCUT2D eigenvalue weighted by Crippen LogP contribution is -2.31. The first-order valence-corrected chi connectivity index (χ1v) is 7.28. The molecule has 108 valence electrons. The summed E-state index contributed by atoms with van der Waals surface area (Å²) in [5.41, 5.74) is 2.84. The lowest BCUT2D eigenvalue weighted by Gasteiger charge is -2.22. The van der Waals surface area contributed by atoms with Crippen molar-refractivity contribution < 1.29 is 10.0 Å². The lowest BCUT2D eigenvalue weighted by atomic mass is 9.68. The van der Waals surface area contributed by atoms with E-state index in [9.17, 15) is 10.0 Å². The monoisotopic (exact) mass is 282 g/mol. The van der Waals surface area contributed by atoms with Gasteiger partial charge >= 0.3 is 7.12 Å². The smallest absolute Gasteiger partial charge is 0.423 e. The topological polar surface area (TPSA) is 56.1 Å². The minimum atomic E-state index is -1.41. The summed E-state index contributed by atoms with van der Waals surface area (Å²) in [7, 11) is -1.41. The van der Waals surface area contributed by atoms with E-state index in [2.05, 4.69) is 24.2 Å². The van der Waals surface area contributed by atoms with Crippen molar-refractivity contribution in [2.75, 3.05) is 13.1 Å². The predicted molar refractivity (Wildman–Crippen MR) is 84.8 cm³/mol. The summed E-state index contributed by atoms with van der Waals surface area (Å²) < 4.78 is 0. The zero-order chi connectivity index (χ0) is 14.8. The molecule has 2 unspecified atom stereocenters. The fraction of sp³-hybridized carbons (Fsp3) is 0.312. The van der Waals surface area contributed by atoms with Gasteiger partial charge in [0.2, 0.25) is 0 Å². The first kappa shape index (κ1) is 14.1. The highest BCUT2D eigenvalue weighted by Crippen LogP contribution is 2.28. The van der Waals surface area contributed by atoms with E-state index >= 15 is 0 Å². The average Bonchev–Trinajstić information content (AvgIpc) is 2.89. The van der Waals surface area contributed by atoms with Crippen LogP contribution in [0.15, 0.2) is 59.1 Å². The molecule has 0 spiro atoms. The van der Waals surface area contributed by atoms with Crippen molar-refractivity contribution in [1.29, 1.82) is 0 Å². The maximum Gasteiger partial charge on any atom is 0.484 e. The fourth-order valence-corrected chi connectivity index (χ4v) is 2.96. The van der Waals surface area contributed by atoms with Gasteiger partial charge in [-0.2, -0.15) is 5.10 Å². The van der Waals surface area contributed by atoms with Crippen molar-refractivity contribution in [3.63, 3.8) is 0 Å². The van der Waals surface area contributed by atoms with Gasteiger partial charge in [-0.05, 0) is 17.1 Å². The van der Waals surface area contributed by atoms with Gasteiger partial charge in [0.05, 0.1) is 5.71 Å². The first-order chi connectivity index (χ1) is 10.1. The van der Waals surface area contributed by atoms with Crippen LogP contribution < -0.4 is 0 Å². The standard InChI is InChI=1S/C16H19BN2O2/c1-12(13-6-3-2-4-7-13)10-19-11-14-15(17(20)21)8-5-9-16(14)18-19/h2-9,12,14,20-21H,10-11H2,1H3. The second-order valence-corrected chi connectivity index (χ2v) is 5.66. The molecule has 0 fully saturated rings. The van der Waals surface area contributed by atoms with Gasteiger partial charge in [0.25, 0.3) is 0 Å². The summed E-state index contributed by atoms with van der Waals surface area (Å²) in [4.78, 5) is 0. The summed E-state index contributed by atoms with van der Waals surface area (Å²) in [6, 6.07) is 10.4. The predicted octanol–water partition coefficient (Wildman–Crippen LogP) is 1.59. The van der Waals surface area contributed by atoms with Crippen molar-refractivity contribution >= 4 is 12.8 Å². The van der Waals surface area contributed by atoms with Crippen LogP contribution in [0.25, 0.3) is 0 Å². The zero-order valence-electron chi connectivity index (χ0n) is 12.1. The van der Waals surface area contributed by atoms with Crippen LogP contribution in [-0.2, 0) is 0 Å². The molecular formula is C16H19BN2O2. The molecule has 1 heterocycles. The fourth-order valence-electron chi connectivity index (χ4n) is 2.96. The molecule has 1 aliphatic heterocycles. The van der Waals surface area contributed by atoms with Crippen molar-refractivity contribution in [1.82, 2.24) is 5.01 Å². The maximum absolute atomic E-state index is 9.45. The van der Waals surface area contributed by atoms with Crippen LogP contribution in [0.5, 0.6) is 0 Å². The Kier molecular flexibility index (Phi) is 3.95. The summed E-state index contributed by atoms with van der Waals surface area (Å²) in [5.74, 6) is 0.379. The van der Waals surface area contributed by atoms with Crippen LogP contribution in [0.4, 0.5) is 0 Å². The summed E-state index contributed by atoms with van der Waals surface area (Å²) in [6.07, 6.45) is 5.55. The summed E-state index contributed by atoms with van der Waals surface area (Å²) in [6.45, 7) is 3.72. The maximum atomic E-state index is 9.45. The highest BCUT2D eigenvalue weighted by molar-refractivity contribution is 6.52. The summed E-state index contributed by atoms with van der Waals surface area (Å²) in [5, 5.41) is 25.5. The third-order valence-corrected chi connectivity index (χ3v) is 4.12. The molecule has 4 nitrogen and oxygen atoms in total. The van der Waals surface area contributed by atoms with Gasteiger partial charge in [-0.25, -0.2) is 0 Å². The van der Waals surface area contributed by atoms with Crippen molar-refractivity contribution in [2.45, 2.75) is 12.8 Å². The minimum Gasteiger partial charge on any atom is -0.423 e. The number of fused-ring (bicyclic) bond motifs is 1. The molecule has 2 aliphatic rings. The number of allylic oxidation sites excluding steroid dienone is 3. The van der Waals surface area contributed by atoms with Gasteiger partial charge in [0.1, 0.15) is 0 Å². The number of hydrogen-bond donors (Lipinski definition) is 2. The Morgan fingerprint density at radius 2 is 2.10 bits per heavy atom. The number of rotatable bonds is 4. The normalized spacial score (nSPS) is 21.7. The molecule has 5 heteroatoms. The molecule has 0 saturated heterocycles. The first-order valence-electron chi connectivity index (χ1n) is 7.28. The van der Waals surface area contributed by atoms with Gasteiger partial charge in [0.15, 0.2) is 0 Å². The van der Waals surface area contributed by atoms with Crippen LogP contribution in [-0.4, -0.2) is 41.0 Å². The molecule has 0 radical (unpaired) electrons. The molecule has 1 aliphatic carbocycles. The van der Waals surface area contributed by atoms with Crippen molar-refractivity contribution in [3.8, 4) is 0 Å². The van der Waals surface area contributed by atoms with Crippen LogP contribution in [0.1, 0.15) is 18.4 Å². The Labute approximate surface area is 125 Å². The van der Waals surface area contributed by atoms with Crippen LogP contribution in [0.3, 0.4) is 0 Å².